The predicted molar refractivity (Wildman–Crippen MR) is 70.4 cm³/mol. The van der Waals surface area contributed by atoms with Crippen molar-refractivity contribution in [2.45, 2.75) is 25.7 Å². The van der Waals surface area contributed by atoms with Crippen molar-refractivity contribution in [3.05, 3.63) is 17.5 Å². The molecule has 1 fully saturated rings. The Labute approximate surface area is 107 Å². The highest BCUT2D eigenvalue weighted by atomic mass is 35.5. The second-order valence-corrected chi connectivity index (χ2v) is 4.81. The van der Waals surface area contributed by atoms with Crippen LogP contribution in [0.5, 0.6) is 0 Å². The molecule has 0 aliphatic carbocycles. The Kier molecular flexibility index (Phi) is 5.01. The molecular formula is C12H19ClN4. The Morgan fingerprint density at radius 1 is 1.24 bits per heavy atom. The monoisotopic (exact) mass is 254 g/mol. The van der Waals surface area contributed by atoms with Gasteiger partial charge in [0.05, 0.1) is 6.20 Å². The van der Waals surface area contributed by atoms with E-state index in [1.165, 1.54) is 45.1 Å². The van der Waals surface area contributed by atoms with E-state index in [-0.39, 0.29) is 0 Å². The third-order valence-electron chi connectivity index (χ3n) is 3.09. The van der Waals surface area contributed by atoms with Gasteiger partial charge in [-0.1, -0.05) is 24.4 Å². The van der Waals surface area contributed by atoms with Crippen molar-refractivity contribution in [3.8, 4) is 0 Å². The molecule has 0 amide bonds. The molecule has 0 bridgehead atoms. The summed E-state index contributed by atoms with van der Waals surface area (Å²) in [5.41, 5.74) is 0. The van der Waals surface area contributed by atoms with E-state index in [1.54, 1.807) is 6.20 Å². The van der Waals surface area contributed by atoms with Gasteiger partial charge in [-0.2, -0.15) is 0 Å². The lowest BCUT2D eigenvalue weighted by molar-refractivity contribution is 0.296. The summed E-state index contributed by atoms with van der Waals surface area (Å²) in [4.78, 5) is 10.5. The first-order valence-electron chi connectivity index (χ1n) is 6.28. The van der Waals surface area contributed by atoms with Gasteiger partial charge in [0.2, 0.25) is 0 Å². The van der Waals surface area contributed by atoms with Crippen LogP contribution in [-0.4, -0.2) is 41.0 Å². The molecule has 1 N–H and O–H groups in total. The highest BCUT2D eigenvalue weighted by Crippen LogP contribution is 2.15. The van der Waals surface area contributed by atoms with E-state index in [0.717, 1.165) is 18.9 Å². The molecule has 1 aromatic heterocycles. The SMILES string of the molecule is Clc1cncnc1NCCN1CCCCCC1. The summed E-state index contributed by atoms with van der Waals surface area (Å²) >= 11 is 5.97. The van der Waals surface area contributed by atoms with Crippen molar-refractivity contribution in [1.29, 1.82) is 0 Å². The number of halogens is 1. The van der Waals surface area contributed by atoms with Gasteiger partial charge in [-0.3, -0.25) is 0 Å². The first kappa shape index (κ1) is 12.6. The summed E-state index contributed by atoms with van der Waals surface area (Å²) in [5.74, 6) is 0.733. The number of anilines is 1. The van der Waals surface area contributed by atoms with Crippen molar-refractivity contribution in [2.24, 2.45) is 0 Å². The standard InChI is InChI=1S/C12H19ClN4/c13-11-9-14-10-16-12(11)15-5-8-17-6-3-1-2-4-7-17/h9-10H,1-8H2,(H,14,15,16). The number of nitrogens with one attached hydrogen (secondary N) is 1. The number of hydrogen-bond donors (Lipinski definition) is 1. The maximum Gasteiger partial charge on any atom is 0.148 e. The van der Waals surface area contributed by atoms with E-state index in [9.17, 15) is 0 Å². The summed E-state index contributed by atoms with van der Waals surface area (Å²) < 4.78 is 0. The number of aromatic nitrogens is 2. The summed E-state index contributed by atoms with van der Waals surface area (Å²) in [6.45, 7) is 4.38. The van der Waals surface area contributed by atoms with E-state index in [1.807, 2.05) is 0 Å². The fraction of sp³-hybridized carbons (Fsp3) is 0.667. The molecule has 0 aromatic carbocycles. The van der Waals surface area contributed by atoms with Gasteiger partial charge in [0.1, 0.15) is 17.2 Å². The van der Waals surface area contributed by atoms with Crippen LogP contribution in [0.15, 0.2) is 12.5 Å². The lowest BCUT2D eigenvalue weighted by Crippen LogP contribution is -2.30. The molecule has 0 unspecified atom stereocenters. The molecule has 94 valence electrons. The summed E-state index contributed by atoms with van der Waals surface area (Å²) in [7, 11) is 0. The zero-order chi connectivity index (χ0) is 11.9. The average Bonchev–Trinajstić information content (AvgIpc) is 2.60. The molecule has 2 heterocycles. The van der Waals surface area contributed by atoms with E-state index in [0.29, 0.717) is 5.02 Å². The van der Waals surface area contributed by atoms with E-state index >= 15 is 0 Å². The Hall–Kier alpha value is -0.870. The van der Waals surface area contributed by atoms with Crippen molar-refractivity contribution in [3.63, 3.8) is 0 Å². The van der Waals surface area contributed by atoms with E-state index in [2.05, 4.69) is 20.2 Å². The van der Waals surface area contributed by atoms with E-state index < -0.39 is 0 Å². The molecule has 1 aliphatic rings. The van der Waals surface area contributed by atoms with Gasteiger partial charge in [-0.25, -0.2) is 9.97 Å². The molecule has 0 atom stereocenters. The molecule has 17 heavy (non-hydrogen) atoms. The van der Waals surface area contributed by atoms with Crippen LogP contribution in [0.25, 0.3) is 0 Å². The molecule has 0 radical (unpaired) electrons. The van der Waals surface area contributed by atoms with Gasteiger partial charge in [-0.15, -0.1) is 0 Å². The number of likely N-dealkylation sites (tertiary alicyclic amines) is 1. The molecule has 1 aromatic rings. The van der Waals surface area contributed by atoms with Crippen molar-refractivity contribution >= 4 is 17.4 Å². The first-order chi connectivity index (χ1) is 8.36. The summed E-state index contributed by atoms with van der Waals surface area (Å²) in [6, 6.07) is 0. The average molecular weight is 255 g/mol. The fourth-order valence-corrected chi connectivity index (χ4v) is 2.31. The molecule has 4 nitrogen and oxygen atoms in total. The van der Waals surface area contributed by atoms with Crippen molar-refractivity contribution in [1.82, 2.24) is 14.9 Å². The molecule has 1 saturated heterocycles. The van der Waals surface area contributed by atoms with Gasteiger partial charge in [0.25, 0.3) is 0 Å². The summed E-state index contributed by atoms with van der Waals surface area (Å²) in [6.07, 6.45) is 8.54. The summed E-state index contributed by atoms with van der Waals surface area (Å²) in [5, 5.41) is 3.84. The maximum atomic E-state index is 5.97. The van der Waals surface area contributed by atoms with Crippen molar-refractivity contribution in [2.75, 3.05) is 31.5 Å². The maximum absolute atomic E-state index is 5.97. The number of nitrogens with zero attached hydrogens (tertiary/aromatic N) is 3. The minimum absolute atomic E-state index is 0.586. The molecule has 0 spiro atoms. The second-order valence-electron chi connectivity index (χ2n) is 4.40. The third kappa shape index (κ3) is 4.13. The zero-order valence-corrected chi connectivity index (χ0v) is 10.8. The smallest absolute Gasteiger partial charge is 0.148 e. The van der Waals surface area contributed by atoms with Gasteiger partial charge in [-0.05, 0) is 25.9 Å². The Bertz CT molecular complexity index is 337. The lowest BCUT2D eigenvalue weighted by atomic mass is 10.2. The van der Waals surface area contributed by atoms with Crippen LogP contribution in [0.3, 0.4) is 0 Å². The topological polar surface area (TPSA) is 41.1 Å². The molecule has 2 rings (SSSR count). The van der Waals surface area contributed by atoms with Gasteiger partial charge >= 0.3 is 0 Å². The normalized spacial score (nSPS) is 17.7. The molecule has 0 saturated carbocycles. The quantitative estimate of drug-likeness (QED) is 0.896. The second kappa shape index (κ2) is 6.77. The third-order valence-corrected chi connectivity index (χ3v) is 3.36. The van der Waals surface area contributed by atoms with Crippen LogP contribution in [0.4, 0.5) is 5.82 Å². The largest absolute Gasteiger partial charge is 0.367 e. The van der Waals surface area contributed by atoms with Gasteiger partial charge in [0.15, 0.2) is 0 Å². The van der Waals surface area contributed by atoms with Crippen LogP contribution in [-0.2, 0) is 0 Å². The van der Waals surface area contributed by atoms with Crippen molar-refractivity contribution < 1.29 is 0 Å². The number of hydrogen-bond acceptors (Lipinski definition) is 4. The lowest BCUT2D eigenvalue weighted by Gasteiger charge is -2.19. The van der Waals surface area contributed by atoms with Gasteiger partial charge in [0, 0.05) is 13.1 Å². The van der Waals surface area contributed by atoms with Crippen LogP contribution >= 0.6 is 11.6 Å². The van der Waals surface area contributed by atoms with Crippen LogP contribution in [0, 0.1) is 0 Å². The highest BCUT2D eigenvalue weighted by molar-refractivity contribution is 6.32. The fourth-order valence-electron chi connectivity index (χ4n) is 2.13. The van der Waals surface area contributed by atoms with Crippen LogP contribution in [0.1, 0.15) is 25.7 Å². The van der Waals surface area contributed by atoms with Gasteiger partial charge < -0.3 is 10.2 Å². The van der Waals surface area contributed by atoms with Crippen LogP contribution < -0.4 is 5.32 Å². The molecule has 1 aliphatic heterocycles. The first-order valence-corrected chi connectivity index (χ1v) is 6.66. The van der Waals surface area contributed by atoms with E-state index in [4.69, 9.17) is 11.6 Å². The molecule has 5 heteroatoms. The zero-order valence-electron chi connectivity index (χ0n) is 10.0. The highest BCUT2D eigenvalue weighted by Gasteiger charge is 2.08. The Balaban J connectivity index is 1.73. The predicted octanol–water partition coefficient (Wildman–Crippen LogP) is 2.42. The minimum Gasteiger partial charge on any atom is -0.367 e. The Morgan fingerprint density at radius 2 is 2.00 bits per heavy atom. The molecular weight excluding hydrogens is 236 g/mol. The Morgan fingerprint density at radius 3 is 2.71 bits per heavy atom. The minimum atomic E-state index is 0.586. The van der Waals surface area contributed by atoms with Crippen LogP contribution in [0.2, 0.25) is 5.02 Å². The number of rotatable bonds is 4.